The number of rotatable bonds is 10. The van der Waals surface area contributed by atoms with Crippen molar-refractivity contribution in [1.82, 2.24) is 10.2 Å². The van der Waals surface area contributed by atoms with E-state index in [9.17, 15) is 4.79 Å². The predicted molar refractivity (Wildman–Crippen MR) is 85.0 cm³/mol. The first-order valence-electron chi connectivity index (χ1n) is 7.34. The van der Waals surface area contributed by atoms with Crippen molar-refractivity contribution in [1.29, 1.82) is 0 Å². The summed E-state index contributed by atoms with van der Waals surface area (Å²) in [6.07, 6.45) is 0.919. The summed E-state index contributed by atoms with van der Waals surface area (Å²) in [6.45, 7) is 4.74. The summed E-state index contributed by atoms with van der Waals surface area (Å²) >= 11 is 0. The number of ether oxygens (including phenoxy) is 1. The third kappa shape index (κ3) is 4.81. The number of hydrogen-bond acceptors (Lipinski definition) is 4. The number of likely N-dealkylation sites (N-methyl/N-ethyl adjacent to an activating group) is 2. The quantitative estimate of drug-likeness (QED) is 0.630. The second-order valence-corrected chi connectivity index (χ2v) is 5.25. The Morgan fingerprint density at radius 2 is 2.05 bits per heavy atom. The molecule has 0 radical (unpaired) electrons. The third-order valence-electron chi connectivity index (χ3n) is 3.56. The van der Waals surface area contributed by atoms with E-state index in [0.717, 1.165) is 18.5 Å². The molecular weight excluding hydrogens is 266 g/mol. The molecule has 0 aromatic heterocycles. The zero-order chi connectivity index (χ0) is 15.7. The molecule has 1 atom stereocenters. The van der Waals surface area contributed by atoms with Gasteiger partial charge in [-0.25, -0.2) is 0 Å². The van der Waals surface area contributed by atoms with E-state index in [2.05, 4.69) is 10.2 Å². The van der Waals surface area contributed by atoms with Crippen molar-refractivity contribution in [3.8, 4) is 0 Å². The lowest BCUT2D eigenvalue weighted by molar-refractivity contribution is -0.125. The maximum atomic E-state index is 12.2. The molecule has 1 amide bonds. The monoisotopic (exact) mass is 293 g/mol. The van der Waals surface area contributed by atoms with Gasteiger partial charge in [-0.05, 0) is 25.6 Å². The summed E-state index contributed by atoms with van der Waals surface area (Å²) in [5.74, 6) is -0.353. The molecule has 5 nitrogen and oxygen atoms in total. The minimum atomic E-state index is -0.863. The van der Waals surface area contributed by atoms with Gasteiger partial charge in [-0.2, -0.15) is 0 Å². The Morgan fingerprint density at radius 3 is 2.57 bits per heavy atom. The summed E-state index contributed by atoms with van der Waals surface area (Å²) in [5, 5.41) is 3.29. The van der Waals surface area contributed by atoms with E-state index in [1.165, 1.54) is 0 Å². The minimum absolute atomic E-state index is 0.353. The number of carbonyl (C=O) groups is 1. The van der Waals surface area contributed by atoms with Crippen LogP contribution in [-0.4, -0.2) is 51.2 Å². The van der Waals surface area contributed by atoms with Crippen LogP contribution >= 0.6 is 0 Å². The van der Waals surface area contributed by atoms with Crippen molar-refractivity contribution < 1.29 is 9.53 Å². The van der Waals surface area contributed by atoms with Crippen LogP contribution in [0.2, 0.25) is 0 Å². The van der Waals surface area contributed by atoms with Crippen LogP contribution < -0.4 is 11.1 Å². The molecule has 0 aliphatic carbocycles. The molecular formula is C16H27N3O2. The van der Waals surface area contributed by atoms with Crippen LogP contribution in [0.5, 0.6) is 0 Å². The van der Waals surface area contributed by atoms with E-state index in [1.54, 1.807) is 7.11 Å². The maximum Gasteiger partial charge on any atom is 0.243 e. The summed E-state index contributed by atoms with van der Waals surface area (Å²) < 4.78 is 5.07. The van der Waals surface area contributed by atoms with Gasteiger partial charge in [-0.1, -0.05) is 37.3 Å². The zero-order valence-corrected chi connectivity index (χ0v) is 13.3. The molecule has 1 unspecified atom stereocenters. The molecule has 5 heteroatoms. The molecule has 0 saturated carbocycles. The van der Waals surface area contributed by atoms with Crippen LogP contribution in [0.25, 0.3) is 0 Å². The maximum absolute atomic E-state index is 12.2. The molecule has 1 rings (SSSR count). The molecule has 0 heterocycles. The fraction of sp³-hybridized carbons (Fsp3) is 0.562. The van der Waals surface area contributed by atoms with Crippen LogP contribution in [0.15, 0.2) is 30.3 Å². The van der Waals surface area contributed by atoms with Gasteiger partial charge in [0.15, 0.2) is 0 Å². The standard InChI is InChI=1S/C16H27N3O2/c1-4-18-16(15(17)20,14-9-6-5-7-10-14)13-19(2)11-8-12-21-3/h5-7,9-10,18H,4,8,11-13H2,1-3H3,(H2,17,20). The third-order valence-corrected chi connectivity index (χ3v) is 3.56. The number of carbonyl (C=O) groups excluding carboxylic acids is 1. The summed E-state index contributed by atoms with van der Waals surface area (Å²) in [6, 6.07) is 9.67. The minimum Gasteiger partial charge on any atom is -0.385 e. The Hall–Kier alpha value is -1.43. The Balaban J connectivity index is 2.94. The van der Waals surface area contributed by atoms with E-state index in [1.807, 2.05) is 44.3 Å². The Labute approximate surface area is 127 Å². The highest BCUT2D eigenvalue weighted by molar-refractivity contribution is 5.86. The summed E-state index contributed by atoms with van der Waals surface area (Å²) in [4.78, 5) is 14.3. The lowest BCUT2D eigenvalue weighted by Crippen LogP contribution is -2.58. The summed E-state index contributed by atoms with van der Waals surface area (Å²) in [5.41, 5.74) is 5.78. The number of nitrogens with one attached hydrogen (secondary N) is 1. The molecule has 1 aromatic carbocycles. The smallest absolute Gasteiger partial charge is 0.243 e. The van der Waals surface area contributed by atoms with E-state index in [0.29, 0.717) is 19.7 Å². The van der Waals surface area contributed by atoms with Gasteiger partial charge in [-0.3, -0.25) is 10.1 Å². The van der Waals surface area contributed by atoms with E-state index in [4.69, 9.17) is 10.5 Å². The number of hydrogen-bond donors (Lipinski definition) is 2. The zero-order valence-electron chi connectivity index (χ0n) is 13.3. The second kappa shape index (κ2) is 8.77. The van der Waals surface area contributed by atoms with Gasteiger partial charge in [0.25, 0.3) is 0 Å². The van der Waals surface area contributed by atoms with E-state index < -0.39 is 5.54 Å². The molecule has 21 heavy (non-hydrogen) atoms. The molecule has 0 aliphatic rings. The molecule has 0 fully saturated rings. The van der Waals surface area contributed by atoms with Gasteiger partial charge in [0.2, 0.25) is 5.91 Å². The Bertz CT molecular complexity index is 425. The van der Waals surface area contributed by atoms with Crippen LogP contribution in [0.1, 0.15) is 18.9 Å². The molecule has 118 valence electrons. The first-order chi connectivity index (χ1) is 10.1. The van der Waals surface area contributed by atoms with E-state index in [-0.39, 0.29) is 5.91 Å². The normalized spacial score (nSPS) is 14.1. The molecule has 0 bridgehead atoms. The Kier molecular flexibility index (Phi) is 7.36. The van der Waals surface area contributed by atoms with Crippen molar-refractivity contribution in [3.63, 3.8) is 0 Å². The van der Waals surface area contributed by atoms with Crippen molar-refractivity contribution in [3.05, 3.63) is 35.9 Å². The number of benzene rings is 1. The van der Waals surface area contributed by atoms with Crippen LogP contribution in [0.4, 0.5) is 0 Å². The molecule has 3 N–H and O–H groups in total. The number of amides is 1. The van der Waals surface area contributed by atoms with Crippen LogP contribution in [0.3, 0.4) is 0 Å². The fourth-order valence-corrected chi connectivity index (χ4v) is 2.54. The van der Waals surface area contributed by atoms with Crippen molar-refractivity contribution in [2.24, 2.45) is 5.73 Å². The number of methoxy groups -OCH3 is 1. The first-order valence-corrected chi connectivity index (χ1v) is 7.34. The van der Waals surface area contributed by atoms with Crippen molar-refractivity contribution >= 4 is 5.91 Å². The average molecular weight is 293 g/mol. The summed E-state index contributed by atoms with van der Waals surface area (Å²) in [7, 11) is 3.68. The van der Waals surface area contributed by atoms with Crippen molar-refractivity contribution in [2.75, 3.05) is 40.4 Å². The largest absolute Gasteiger partial charge is 0.385 e. The van der Waals surface area contributed by atoms with Gasteiger partial charge in [0, 0.05) is 26.8 Å². The second-order valence-electron chi connectivity index (χ2n) is 5.25. The van der Waals surface area contributed by atoms with Crippen molar-refractivity contribution in [2.45, 2.75) is 18.9 Å². The lowest BCUT2D eigenvalue weighted by atomic mass is 9.88. The number of primary amides is 1. The molecule has 0 aliphatic heterocycles. The highest BCUT2D eigenvalue weighted by atomic mass is 16.5. The highest BCUT2D eigenvalue weighted by Gasteiger charge is 2.38. The number of nitrogens with zero attached hydrogens (tertiary/aromatic N) is 1. The molecule has 0 spiro atoms. The molecule has 0 saturated heterocycles. The average Bonchev–Trinajstić information content (AvgIpc) is 2.47. The SMILES string of the molecule is CCNC(CN(C)CCCOC)(C(N)=O)c1ccccc1. The van der Waals surface area contributed by atoms with Gasteiger partial charge in [-0.15, -0.1) is 0 Å². The number of nitrogens with two attached hydrogens (primary N) is 1. The molecule has 1 aromatic rings. The first kappa shape index (κ1) is 17.6. The lowest BCUT2D eigenvalue weighted by Gasteiger charge is -2.35. The highest BCUT2D eigenvalue weighted by Crippen LogP contribution is 2.22. The van der Waals surface area contributed by atoms with Crippen LogP contribution in [-0.2, 0) is 15.1 Å². The Morgan fingerprint density at radius 1 is 1.38 bits per heavy atom. The topological polar surface area (TPSA) is 67.6 Å². The van der Waals surface area contributed by atoms with Gasteiger partial charge >= 0.3 is 0 Å². The van der Waals surface area contributed by atoms with Gasteiger partial charge in [0.1, 0.15) is 5.54 Å². The van der Waals surface area contributed by atoms with Crippen LogP contribution in [0, 0.1) is 0 Å². The van der Waals surface area contributed by atoms with Gasteiger partial charge < -0.3 is 15.4 Å². The fourth-order valence-electron chi connectivity index (χ4n) is 2.54. The van der Waals surface area contributed by atoms with Gasteiger partial charge in [0.05, 0.1) is 0 Å². The predicted octanol–water partition coefficient (Wildman–Crippen LogP) is 0.945. The van der Waals surface area contributed by atoms with E-state index >= 15 is 0 Å².